The second-order valence-corrected chi connectivity index (χ2v) is 4.06. The van der Waals surface area contributed by atoms with E-state index in [4.69, 9.17) is 9.47 Å². The molecule has 1 aliphatic rings. The summed E-state index contributed by atoms with van der Waals surface area (Å²) in [5.41, 5.74) is 0. The van der Waals surface area contributed by atoms with Gasteiger partial charge in [0.05, 0.1) is 39.4 Å². The van der Waals surface area contributed by atoms with E-state index in [0.717, 1.165) is 0 Å². The van der Waals surface area contributed by atoms with Crippen LogP contribution in [-0.2, 0) is 28.7 Å². The van der Waals surface area contributed by atoms with Crippen LogP contribution in [0.15, 0.2) is 11.6 Å². The Kier molecular flexibility index (Phi) is 7.96. The first kappa shape index (κ1) is 17.0. The molecule has 0 radical (unpaired) electrons. The first-order valence-electron chi connectivity index (χ1n) is 6.56. The summed E-state index contributed by atoms with van der Waals surface area (Å²) in [4.78, 5) is 42.2. The van der Waals surface area contributed by atoms with Gasteiger partial charge >= 0.3 is 5.97 Å². The molecule has 1 saturated heterocycles. The van der Waals surface area contributed by atoms with E-state index in [1.54, 1.807) is 0 Å². The van der Waals surface area contributed by atoms with Crippen LogP contribution in [0, 0.1) is 0 Å². The maximum Gasteiger partial charge on any atom is 0.335 e. The standard InChI is InChI=1S/C13H18N2O6/c1-2-14-6-8-20-10-9-19-7-5-13(18)21-15-11(16)3-4-12(15)17/h1,3-10H2. The highest BCUT2D eigenvalue weighted by atomic mass is 16.7. The van der Waals surface area contributed by atoms with Crippen molar-refractivity contribution in [2.75, 3.05) is 33.0 Å². The van der Waals surface area contributed by atoms with Crippen molar-refractivity contribution < 1.29 is 28.7 Å². The Hall–Kier alpha value is -2.02. The lowest BCUT2D eigenvalue weighted by molar-refractivity contribution is -0.198. The number of hydrogen-bond acceptors (Lipinski definition) is 7. The van der Waals surface area contributed by atoms with E-state index in [1.165, 1.54) is 0 Å². The minimum atomic E-state index is -0.681. The van der Waals surface area contributed by atoms with Crippen LogP contribution in [0.25, 0.3) is 0 Å². The van der Waals surface area contributed by atoms with Crippen molar-refractivity contribution in [3.8, 4) is 0 Å². The van der Waals surface area contributed by atoms with E-state index in [9.17, 15) is 14.4 Å². The molecule has 0 saturated carbocycles. The van der Waals surface area contributed by atoms with Crippen molar-refractivity contribution in [2.45, 2.75) is 19.3 Å². The highest BCUT2D eigenvalue weighted by Crippen LogP contribution is 2.12. The van der Waals surface area contributed by atoms with Gasteiger partial charge in [-0.2, -0.15) is 0 Å². The molecular formula is C13H18N2O6. The Balaban J connectivity index is 2.00. The summed E-state index contributed by atoms with van der Waals surface area (Å²) in [5, 5.41) is 0.519. The summed E-state index contributed by atoms with van der Waals surface area (Å²) in [5.74, 6) is 0.716. The fourth-order valence-corrected chi connectivity index (χ4v) is 1.47. The van der Waals surface area contributed by atoms with Gasteiger partial charge in [-0.3, -0.25) is 9.59 Å². The molecule has 1 rings (SSSR count). The number of rotatable bonds is 10. The number of carbonyl (C=O) groups is 3. The third kappa shape index (κ3) is 6.80. The SMILES string of the molecule is C=C=NCCOCCOCCC(=O)ON1C(=O)CCC1=O. The van der Waals surface area contributed by atoms with Crippen LogP contribution in [-0.4, -0.2) is 61.7 Å². The molecule has 0 aliphatic carbocycles. The van der Waals surface area contributed by atoms with Crippen LogP contribution in [0.3, 0.4) is 0 Å². The van der Waals surface area contributed by atoms with Crippen LogP contribution in [0.2, 0.25) is 0 Å². The summed E-state index contributed by atoms with van der Waals surface area (Å²) >= 11 is 0. The molecule has 0 aromatic carbocycles. The molecule has 0 aromatic rings. The van der Waals surface area contributed by atoms with Gasteiger partial charge in [0.15, 0.2) is 0 Å². The maximum atomic E-state index is 11.4. The maximum absolute atomic E-state index is 11.4. The van der Waals surface area contributed by atoms with Gasteiger partial charge in [-0.15, -0.1) is 5.06 Å². The summed E-state index contributed by atoms with van der Waals surface area (Å²) in [6, 6.07) is 0. The van der Waals surface area contributed by atoms with Crippen molar-refractivity contribution in [2.24, 2.45) is 4.99 Å². The average molecular weight is 298 g/mol. The Morgan fingerprint density at radius 2 is 1.76 bits per heavy atom. The van der Waals surface area contributed by atoms with E-state index >= 15 is 0 Å². The van der Waals surface area contributed by atoms with Gasteiger partial charge in [0.25, 0.3) is 11.8 Å². The molecule has 116 valence electrons. The van der Waals surface area contributed by atoms with Gasteiger partial charge in [0.1, 0.15) is 0 Å². The summed E-state index contributed by atoms with van der Waals surface area (Å²) in [7, 11) is 0. The van der Waals surface area contributed by atoms with Gasteiger partial charge in [-0.05, 0) is 12.4 Å². The molecule has 0 unspecified atom stereocenters. The number of hydroxylamine groups is 2. The lowest BCUT2D eigenvalue weighted by Gasteiger charge is -2.12. The molecular weight excluding hydrogens is 280 g/mol. The number of carbonyl (C=O) groups excluding carboxylic acids is 3. The highest BCUT2D eigenvalue weighted by molar-refractivity contribution is 6.01. The second kappa shape index (κ2) is 9.82. The van der Waals surface area contributed by atoms with E-state index in [2.05, 4.69) is 22.3 Å². The third-order valence-electron chi connectivity index (χ3n) is 2.48. The number of ether oxygens (including phenoxy) is 2. The lowest BCUT2D eigenvalue weighted by Crippen LogP contribution is -2.32. The molecule has 8 nitrogen and oxygen atoms in total. The number of imide groups is 1. The monoisotopic (exact) mass is 298 g/mol. The average Bonchev–Trinajstić information content (AvgIpc) is 2.77. The Labute approximate surface area is 122 Å². The van der Waals surface area contributed by atoms with E-state index in [1.807, 2.05) is 0 Å². The minimum Gasteiger partial charge on any atom is -0.378 e. The lowest BCUT2D eigenvalue weighted by atomic mass is 10.4. The zero-order valence-corrected chi connectivity index (χ0v) is 11.7. The smallest absolute Gasteiger partial charge is 0.335 e. The molecule has 0 atom stereocenters. The van der Waals surface area contributed by atoms with Crippen LogP contribution in [0.1, 0.15) is 19.3 Å². The number of nitrogens with zero attached hydrogens (tertiary/aromatic N) is 2. The predicted molar refractivity (Wildman–Crippen MR) is 71.4 cm³/mol. The van der Waals surface area contributed by atoms with E-state index in [0.29, 0.717) is 31.4 Å². The van der Waals surface area contributed by atoms with Gasteiger partial charge in [0.2, 0.25) is 0 Å². The topological polar surface area (TPSA) is 94.5 Å². The van der Waals surface area contributed by atoms with E-state index in [-0.39, 0.29) is 25.9 Å². The van der Waals surface area contributed by atoms with Gasteiger partial charge in [-0.1, -0.05) is 0 Å². The van der Waals surface area contributed by atoms with Crippen molar-refractivity contribution in [3.05, 3.63) is 6.58 Å². The Bertz CT molecular complexity index is 414. The molecule has 1 aliphatic heterocycles. The predicted octanol–water partition coefficient (Wildman–Crippen LogP) is -0.127. The Morgan fingerprint density at radius 3 is 2.38 bits per heavy atom. The molecule has 8 heteroatoms. The zero-order valence-electron chi connectivity index (χ0n) is 11.7. The van der Waals surface area contributed by atoms with Gasteiger partial charge in [0, 0.05) is 12.8 Å². The second-order valence-electron chi connectivity index (χ2n) is 4.06. The fraction of sp³-hybridized carbons (Fsp3) is 0.615. The van der Waals surface area contributed by atoms with Crippen molar-refractivity contribution in [1.29, 1.82) is 0 Å². The minimum absolute atomic E-state index is 0.0438. The molecule has 0 spiro atoms. The normalized spacial score (nSPS) is 14.2. The van der Waals surface area contributed by atoms with Crippen LogP contribution in [0.5, 0.6) is 0 Å². The van der Waals surface area contributed by atoms with Crippen LogP contribution >= 0.6 is 0 Å². The Morgan fingerprint density at radius 1 is 1.14 bits per heavy atom. The van der Waals surface area contributed by atoms with Gasteiger partial charge < -0.3 is 14.3 Å². The van der Waals surface area contributed by atoms with E-state index < -0.39 is 17.8 Å². The van der Waals surface area contributed by atoms with Gasteiger partial charge in [-0.25, -0.2) is 9.79 Å². The van der Waals surface area contributed by atoms with Crippen LogP contribution in [0.4, 0.5) is 0 Å². The largest absolute Gasteiger partial charge is 0.378 e. The number of aliphatic imine (C=N–C) groups is 1. The molecule has 1 heterocycles. The molecule has 0 aromatic heterocycles. The molecule has 21 heavy (non-hydrogen) atoms. The molecule has 2 amide bonds. The number of hydrogen-bond donors (Lipinski definition) is 0. The van der Waals surface area contributed by atoms with Crippen molar-refractivity contribution >= 4 is 23.7 Å². The summed E-state index contributed by atoms with van der Waals surface area (Å²) in [6.07, 6.45) is 0.115. The first-order valence-corrected chi connectivity index (χ1v) is 6.56. The van der Waals surface area contributed by atoms with Crippen molar-refractivity contribution in [3.63, 3.8) is 0 Å². The first-order chi connectivity index (χ1) is 10.1. The number of amides is 2. The molecule has 0 bridgehead atoms. The third-order valence-corrected chi connectivity index (χ3v) is 2.48. The quantitative estimate of drug-likeness (QED) is 0.317. The highest BCUT2D eigenvalue weighted by Gasteiger charge is 2.32. The van der Waals surface area contributed by atoms with Crippen LogP contribution < -0.4 is 0 Å². The van der Waals surface area contributed by atoms with Crippen molar-refractivity contribution in [1.82, 2.24) is 5.06 Å². The fourth-order valence-electron chi connectivity index (χ4n) is 1.47. The molecule has 1 fully saturated rings. The zero-order chi connectivity index (χ0) is 15.5. The molecule has 0 N–H and O–H groups in total. The summed E-state index contributed by atoms with van der Waals surface area (Å²) in [6.45, 7) is 5.10. The summed E-state index contributed by atoms with van der Waals surface area (Å²) < 4.78 is 10.3.